The molecular formula is C26H49NO6. The van der Waals surface area contributed by atoms with Crippen molar-refractivity contribution in [2.24, 2.45) is 0 Å². The molecule has 0 radical (unpaired) electrons. The number of amides is 1. The van der Waals surface area contributed by atoms with Crippen LogP contribution in [0.25, 0.3) is 0 Å². The van der Waals surface area contributed by atoms with E-state index in [4.69, 9.17) is 14.2 Å². The zero-order valence-electron chi connectivity index (χ0n) is 21.2. The van der Waals surface area contributed by atoms with Gasteiger partial charge in [-0.05, 0) is 32.1 Å². The number of carbonyl (C=O) groups is 1. The van der Waals surface area contributed by atoms with E-state index in [1.54, 1.807) is 0 Å². The first-order valence-electron chi connectivity index (χ1n) is 13.0. The van der Waals surface area contributed by atoms with E-state index in [-0.39, 0.29) is 12.5 Å². The van der Waals surface area contributed by atoms with Crippen LogP contribution in [0.1, 0.15) is 96.8 Å². The number of methoxy groups -OCH3 is 2. The lowest BCUT2D eigenvalue weighted by atomic mass is 9.96. The third-order valence-corrected chi connectivity index (χ3v) is 6.35. The van der Waals surface area contributed by atoms with Gasteiger partial charge in [-0.2, -0.15) is 0 Å². The first kappa shape index (κ1) is 30.0. The summed E-state index contributed by atoms with van der Waals surface area (Å²) in [5, 5.41) is 22.8. The van der Waals surface area contributed by atoms with E-state index in [1.807, 2.05) is 0 Å². The summed E-state index contributed by atoms with van der Waals surface area (Å²) >= 11 is 0. The van der Waals surface area contributed by atoms with Crippen LogP contribution in [0.3, 0.4) is 0 Å². The van der Waals surface area contributed by atoms with Gasteiger partial charge in [0.15, 0.2) is 6.29 Å². The molecule has 194 valence electrons. The molecule has 0 aromatic rings. The maximum absolute atomic E-state index is 12.4. The van der Waals surface area contributed by atoms with Crippen molar-refractivity contribution in [3.8, 4) is 0 Å². The summed E-state index contributed by atoms with van der Waals surface area (Å²) in [6.07, 6.45) is 17.5. The van der Waals surface area contributed by atoms with Gasteiger partial charge in [-0.3, -0.25) is 4.79 Å². The zero-order valence-corrected chi connectivity index (χ0v) is 21.2. The topological polar surface area (TPSA) is 97.3 Å². The second-order valence-electron chi connectivity index (χ2n) is 9.08. The number of ether oxygens (including phenoxy) is 3. The van der Waals surface area contributed by atoms with Crippen LogP contribution in [0.5, 0.6) is 0 Å². The highest BCUT2D eigenvalue weighted by Gasteiger charge is 2.46. The smallest absolute Gasteiger partial charge is 0.220 e. The standard InChI is InChI=1S/C26H49NO6/c1-4-5-6-7-8-9-10-11-12-13-14-15-16-17-18-19-22(29)27-23-24(30)25(31-2)21(20-28)33-26(23)32-3/h11-12,21,23-26,28,30H,4-10,13-20H2,1-3H3,(H,27,29)/b12-11+. The maximum atomic E-state index is 12.4. The molecule has 1 fully saturated rings. The SMILES string of the molecule is CCCCCCCC/C=C/CCCCCCCC(=O)NC1C(OC)OC(CO)C(OC)C1O. The Balaban J connectivity index is 2.10. The summed E-state index contributed by atoms with van der Waals surface area (Å²) in [6, 6.07) is -0.738. The fourth-order valence-electron chi connectivity index (χ4n) is 4.33. The second-order valence-corrected chi connectivity index (χ2v) is 9.08. The third-order valence-electron chi connectivity index (χ3n) is 6.35. The highest BCUT2D eigenvalue weighted by atomic mass is 16.7. The van der Waals surface area contributed by atoms with Crippen molar-refractivity contribution < 1.29 is 29.2 Å². The molecule has 5 atom stereocenters. The van der Waals surface area contributed by atoms with Gasteiger partial charge in [0.1, 0.15) is 24.4 Å². The summed E-state index contributed by atoms with van der Waals surface area (Å²) < 4.78 is 16.1. The van der Waals surface area contributed by atoms with E-state index in [1.165, 1.54) is 72.0 Å². The highest BCUT2D eigenvalue weighted by Crippen LogP contribution is 2.24. The minimum Gasteiger partial charge on any atom is -0.394 e. The predicted molar refractivity (Wildman–Crippen MR) is 131 cm³/mol. The number of carbonyl (C=O) groups excluding carboxylic acids is 1. The van der Waals surface area contributed by atoms with Crippen molar-refractivity contribution in [1.82, 2.24) is 5.32 Å². The van der Waals surface area contributed by atoms with Crippen molar-refractivity contribution in [1.29, 1.82) is 0 Å². The van der Waals surface area contributed by atoms with E-state index < -0.39 is 30.6 Å². The summed E-state index contributed by atoms with van der Waals surface area (Å²) in [6.45, 7) is 1.95. The number of nitrogens with one attached hydrogen (secondary N) is 1. The van der Waals surface area contributed by atoms with Crippen molar-refractivity contribution in [2.45, 2.75) is 127 Å². The number of allylic oxidation sites excluding steroid dienone is 2. The molecule has 5 unspecified atom stereocenters. The van der Waals surface area contributed by atoms with Crippen LogP contribution in [0.2, 0.25) is 0 Å². The molecule has 7 nitrogen and oxygen atoms in total. The molecule has 0 spiro atoms. The largest absolute Gasteiger partial charge is 0.394 e. The van der Waals surface area contributed by atoms with Gasteiger partial charge in [-0.15, -0.1) is 0 Å². The van der Waals surface area contributed by atoms with E-state index in [9.17, 15) is 15.0 Å². The van der Waals surface area contributed by atoms with Crippen molar-refractivity contribution in [3.05, 3.63) is 12.2 Å². The van der Waals surface area contributed by atoms with Gasteiger partial charge in [0.2, 0.25) is 5.91 Å². The Bertz CT molecular complexity index is 515. The van der Waals surface area contributed by atoms with Crippen LogP contribution in [0.15, 0.2) is 12.2 Å². The molecule has 1 aliphatic rings. The van der Waals surface area contributed by atoms with Crippen LogP contribution in [0.4, 0.5) is 0 Å². The van der Waals surface area contributed by atoms with E-state index in [2.05, 4.69) is 24.4 Å². The minimum absolute atomic E-state index is 0.139. The lowest BCUT2D eigenvalue weighted by Gasteiger charge is -2.43. The van der Waals surface area contributed by atoms with Gasteiger partial charge in [-0.1, -0.05) is 70.4 Å². The Morgan fingerprint density at radius 3 is 2.03 bits per heavy atom. The van der Waals surface area contributed by atoms with Crippen LogP contribution >= 0.6 is 0 Å². The quantitative estimate of drug-likeness (QED) is 0.192. The van der Waals surface area contributed by atoms with Crippen molar-refractivity contribution in [2.75, 3.05) is 20.8 Å². The van der Waals surface area contributed by atoms with Crippen LogP contribution in [-0.4, -0.2) is 67.6 Å². The predicted octanol–water partition coefficient (Wildman–Crippen LogP) is 4.25. The average Bonchev–Trinajstić information content (AvgIpc) is 2.82. The molecule has 0 aliphatic carbocycles. The second kappa shape index (κ2) is 19.3. The van der Waals surface area contributed by atoms with Crippen LogP contribution in [-0.2, 0) is 19.0 Å². The monoisotopic (exact) mass is 471 g/mol. The summed E-state index contributed by atoms with van der Waals surface area (Å²) in [4.78, 5) is 12.4. The number of hydrogen-bond donors (Lipinski definition) is 3. The van der Waals surface area contributed by atoms with Gasteiger partial charge in [0.05, 0.1) is 6.61 Å². The molecule has 0 aromatic heterocycles. The fourth-order valence-corrected chi connectivity index (χ4v) is 4.33. The third kappa shape index (κ3) is 12.3. The van der Waals surface area contributed by atoms with Crippen molar-refractivity contribution in [3.63, 3.8) is 0 Å². The minimum atomic E-state index is -1.02. The Morgan fingerprint density at radius 1 is 0.909 bits per heavy atom. The molecule has 7 heteroatoms. The molecule has 1 heterocycles. The van der Waals surface area contributed by atoms with E-state index >= 15 is 0 Å². The van der Waals surface area contributed by atoms with Gasteiger partial charge in [0.25, 0.3) is 0 Å². The molecule has 0 saturated carbocycles. The van der Waals surface area contributed by atoms with E-state index in [0.29, 0.717) is 6.42 Å². The zero-order chi connectivity index (χ0) is 24.3. The first-order valence-corrected chi connectivity index (χ1v) is 13.0. The molecule has 1 aliphatic heterocycles. The first-order chi connectivity index (χ1) is 16.1. The number of rotatable bonds is 19. The Morgan fingerprint density at radius 2 is 1.48 bits per heavy atom. The molecule has 1 rings (SSSR count). The molecule has 1 saturated heterocycles. The summed E-state index contributed by atoms with van der Waals surface area (Å²) in [5.41, 5.74) is 0. The molecule has 1 amide bonds. The number of hydrogen-bond acceptors (Lipinski definition) is 6. The van der Waals surface area contributed by atoms with Crippen molar-refractivity contribution >= 4 is 5.91 Å². The molecule has 0 bridgehead atoms. The molecule has 33 heavy (non-hydrogen) atoms. The van der Waals surface area contributed by atoms with Gasteiger partial charge in [0, 0.05) is 20.6 Å². The normalized spacial score (nSPS) is 25.5. The Hall–Kier alpha value is -0.990. The lowest BCUT2D eigenvalue weighted by molar-refractivity contribution is -0.267. The average molecular weight is 472 g/mol. The Kier molecular flexibility index (Phi) is 17.6. The van der Waals surface area contributed by atoms with Crippen LogP contribution < -0.4 is 5.32 Å². The number of unbranched alkanes of at least 4 members (excludes halogenated alkanes) is 11. The molecule has 3 N–H and O–H groups in total. The Labute approximate surface area is 201 Å². The number of aliphatic hydroxyl groups excluding tert-OH is 2. The molecule has 0 aromatic carbocycles. The molecular weight excluding hydrogens is 422 g/mol. The fraction of sp³-hybridized carbons (Fsp3) is 0.885. The van der Waals surface area contributed by atoms with E-state index in [0.717, 1.165) is 25.7 Å². The summed E-state index contributed by atoms with van der Waals surface area (Å²) in [5.74, 6) is -0.139. The van der Waals surface area contributed by atoms with Gasteiger partial charge < -0.3 is 29.7 Å². The van der Waals surface area contributed by atoms with Gasteiger partial charge >= 0.3 is 0 Å². The van der Waals surface area contributed by atoms with Crippen LogP contribution in [0, 0.1) is 0 Å². The highest BCUT2D eigenvalue weighted by molar-refractivity contribution is 5.76. The lowest BCUT2D eigenvalue weighted by Crippen LogP contribution is -2.65. The summed E-state index contributed by atoms with van der Waals surface area (Å²) in [7, 11) is 2.89. The number of aliphatic hydroxyl groups is 2. The maximum Gasteiger partial charge on any atom is 0.220 e. The van der Waals surface area contributed by atoms with Gasteiger partial charge in [-0.25, -0.2) is 0 Å².